The van der Waals surface area contributed by atoms with Crippen molar-refractivity contribution in [2.75, 3.05) is 0 Å². The molecule has 0 radical (unpaired) electrons. The van der Waals surface area contributed by atoms with Crippen molar-refractivity contribution >= 4 is 65.0 Å². The van der Waals surface area contributed by atoms with Crippen LogP contribution in [0.5, 0.6) is 0 Å². The van der Waals surface area contributed by atoms with Gasteiger partial charge < -0.3 is 4.57 Å². The summed E-state index contributed by atoms with van der Waals surface area (Å²) in [6.07, 6.45) is 2.18. The number of hydrogen-bond donors (Lipinski definition) is 0. The lowest BCUT2D eigenvalue weighted by Gasteiger charge is -2.18. The second-order valence-corrected chi connectivity index (χ2v) is 13.7. The van der Waals surface area contributed by atoms with E-state index in [9.17, 15) is 0 Å². The van der Waals surface area contributed by atoms with Crippen LogP contribution in [0.1, 0.15) is 5.82 Å². The van der Waals surface area contributed by atoms with Gasteiger partial charge in [0.05, 0.1) is 23.5 Å². The van der Waals surface area contributed by atoms with E-state index >= 15 is 0 Å². The Hall–Kier alpha value is -6.26. The molecule has 0 saturated carbocycles. The topological polar surface area (TPSA) is 26.6 Å². The third-order valence-corrected chi connectivity index (χ3v) is 10.9. The summed E-state index contributed by atoms with van der Waals surface area (Å²) in [7, 11) is 6.31. The standard InChI is InChI=1S/C46H35N4/c1-28-47-43-20-19-33(25-45(43)49(28)3)38-12-8-14-40-42(38)26-41-37(32-16-18-35-27-48(2)50(4)44(35)24-32)11-7-13-39(41)46(40)34-17-15-31-21-29-9-5-6-10-30(29)22-36(31)23-34/h5-27H,1-4H3/q+1. The average molecular weight is 644 g/mol. The highest BCUT2D eigenvalue weighted by Crippen LogP contribution is 2.44. The SMILES string of the molecule is Cc1nc2ccc(-c3cccc4c(-c5ccc6cc7ccccc7cc6c5)c5cccc(-c6ccc7c[n+](C)n(C)c7c6)c5cc34)cc2n1C. The number of benzene rings is 8. The summed E-state index contributed by atoms with van der Waals surface area (Å²) in [5.41, 5.74) is 10.7. The highest BCUT2D eigenvalue weighted by atomic mass is 15.4. The number of aromatic nitrogens is 4. The van der Waals surface area contributed by atoms with Gasteiger partial charge in [-0.3, -0.25) is 0 Å². The van der Waals surface area contributed by atoms with Crippen molar-refractivity contribution in [3.8, 4) is 33.4 Å². The maximum Gasteiger partial charge on any atom is 0.203 e. The summed E-state index contributed by atoms with van der Waals surface area (Å²) in [6, 6.07) is 49.8. The Morgan fingerprint density at radius 3 is 1.82 bits per heavy atom. The quantitative estimate of drug-likeness (QED) is 0.139. The van der Waals surface area contributed by atoms with Gasteiger partial charge in [0.15, 0.2) is 7.05 Å². The van der Waals surface area contributed by atoms with E-state index in [0.29, 0.717) is 0 Å². The molecule has 0 aliphatic rings. The molecule has 238 valence electrons. The fourth-order valence-corrected chi connectivity index (χ4v) is 8.11. The summed E-state index contributed by atoms with van der Waals surface area (Å²) in [6.45, 7) is 2.07. The highest BCUT2D eigenvalue weighted by molar-refractivity contribution is 6.19. The van der Waals surface area contributed by atoms with Crippen LogP contribution >= 0.6 is 0 Å². The third-order valence-electron chi connectivity index (χ3n) is 10.9. The van der Waals surface area contributed by atoms with E-state index in [-0.39, 0.29) is 0 Å². The monoisotopic (exact) mass is 643 g/mol. The van der Waals surface area contributed by atoms with Crippen LogP contribution in [0.2, 0.25) is 0 Å². The lowest BCUT2D eigenvalue weighted by atomic mass is 9.85. The Labute approximate surface area is 290 Å². The van der Waals surface area contributed by atoms with Crippen LogP contribution in [-0.4, -0.2) is 14.2 Å². The first-order valence-electron chi connectivity index (χ1n) is 17.2. The molecular formula is C46H35N4+. The van der Waals surface area contributed by atoms with Gasteiger partial charge in [-0.1, -0.05) is 84.9 Å². The summed E-state index contributed by atoms with van der Waals surface area (Å²) in [5, 5.41) is 11.2. The van der Waals surface area contributed by atoms with Crippen molar-refractivity contribution in [3.63, 3.8) is 0 Å². The molecule has 0 amide bonds. The fourth-order valence-electron chi connectivity index (χ4n) is 8.11. The van der Waals surface area contributed by atoms with Crippen molar-refractivity contribution in [1.82, 2.24) is 14.2 Å². The van der Waals surface area contributed by atoms with Crippen LogP contribution in [0.3, 0.4) is 0 Å². The summed E-state index contributed by atoms with van der Waals surface area (Å²) >= 11 is 0. The molecule has 0 unspecified atom stereocenters. The van der Waals surface area contributed by atoms with E-state index in [1.54, 1.807) is 0 Å². The largest absolute Gasteiger partial charge is 0.331 e. The van der Waals surface area contributed by atoms with E-state index in [1.807, 2.05) is 0 Å². The Morgan fingerprint density at radius 2 is 1.10 bits per heavy atom. The highest BCUT2D eigenvalue weighted by Gasteiger charge is 2.18. The molecule has 50 heavy (non-hydrogen) atoms. The van der Waals surface area contributed by atoms with Crippen LogP contribution in [-0.2, 0) is 21.1 Å². The van der Waals surface area contributed by atoms with Crippen LogP contribution in [0.4, 0.5) is 0 Å². The van der Waals surface area contributed by atoms with E-state index in [4.69, 9.17) is 4.98 Å². The molecule has 0 saturated heterocycles. The zero-order valence-corrected chi connectivity index (χ0v) is 28.6. The number of fused-ring (bicyclic) bond motifs is 6. The van der Waals surface area contributed by atoms with Crippen molar-refractivity contribution in [2.24, 2.45) is 21.1 Å². The third kappa shape index (κ3) is 4.25. The second kappa shape index (κ2) is 10.6. The van der Waals surface area contributed by atoms with Gasteiger partial charge in [0.2, 0.25) is 6.20 Å². The normalized spacial score (nSPS) is 12.0. The molecule has 2 heterocycles. The number of imidazole rings is 1. The van der Waals surface area contributed by atoms with Crippen molar-refractivity contribution < 1.29 is 4.68 Å². The molecule has 4 heteroatoms. The van der Waals surface area contributed by atoms with Gasteiger partial charge in [0.25, 0.3) is 0 Å². The predicted octanol–water partition coefficient (Wildman–Crippen LogP) is 10.8. The van der Waals surface area contributed by atoms with Crippen LogP contribution in [0.25, 0.3) is 98.4 Å². The molecule has 0 aliphatic heterocycles. The number of rotatable bonds is 3. The van der Waals surface area contributed by atoms with Crippen LogP contribution in [0.15, 0.2) is 140 Å². The lowest BCUT2D eigenvalue weighted by molar-refractivity contribution is -0.748. The van der Waals surface area contributed by atoms with Crippen molar-refractivity contribution in [3.05, 3.63) is 145 Å². The van der Waals surface area contributed by atoms with Crippen molar-refractivity contribution in [2.45, 2.75) is 6.92 Å². The Bertz CT molecular complexity index is 2890. The van der Waals surface area contributed by atoms with Crippen LogP contribution < -0.4 is 4.68 Å². The lowest BCUT2D eigenvalue weighted by Crippen LogP contribution is -2.35. The van der Waals surface area contributed by atoms with Gasteiger partial charge in [-0.15, -0.1) is 4.68 Å². The molecule has 0 aliphatic carbocycles. The first-order chi connectivity index (χ1) is 24.4. The smallest absolute Gasteiger partial charge is 0.203 e. The molecule has 8 aromatic carbocycles. The summed E-state index contributed by atoms with van der Waals surface area (Å²) in [4.78, 5) is 4.78. The minimum atomic E-state index is 1.01. The summed E-state index contributed by atoms with van der Waals surface area (Å²) < 4.78 is 6.53. The molecule has 10 aromatic rings. The van der Waals surface area contributed by atoms with E-state index in [1.165, 1.54) is 87.4 Å². The first-order valence-corrected chi connectivity index (χ1v) is 17.2. The number of nitrogens with zero attached hydrogens (tertiary/aromatic N) is 4. The summed E-state index contributed by atoms with van der Waals surface area (Å²) in [5.74, 6) is 1.01. The number of hydrogen-bond acceptors (Lipinski definition) is 1. The molecule has 0 bridgehead atoms. The molecular weight excluding hydrogens is 609 g/mol. The minimum Gasteiger partial charge on any atom is -0.331 e. The molecule has 4 nitrogen and oxygen atoms in total. The fraction of sp³-hybridized carbons (Fsp3) is 0.0870. The maximum absolute atomic E-state index is 4.78. The predicted molar refractivity (Wildman–Crippen MR) is 209 cm³/mol. The molecule has 0 atom stereocenters. The molecule has 10 rings (SSSR count). The van der Waals surface area contributed by atoms with Gasteiger partial charge in [-0.2, -0.15) is 4.68 Å². The zero-order valence-electron chi connectivity index (χ0n) is 28.6. The van der Waals surface area contributed by atoms with Crippen LogP contribution in [0, 0.1) is 6.92 Å². The van der Waals surface area contributed by atoms with Gasteiger partial charge in [0, 0.05) is 7.05 Å². The minimum absolute atomic E-state index is 1.01. The van der Waals surface area contributed by atoms with Crippen molar-refractivity contribution in [1.29, 1.82) is 0 Å². The first kappa shape index (κ1) is 28.7. The molecule has 0 fully saturated rings. The van der Waals surface area contributed by atoms with E-state index < -0.39 is 0 Å². The van der Waals surface area contributed by atoms with E-state index in [0.717, 1.165) is 16.9 Å². The van der Waals surface area contributed by atoms with Gasteiger partial charge in [0.1, 0.15) is 11.3 Å². The van der Waals surface area contributed by atoms with Gasteiger partial charge in [-0.25, -0.2) is 4.98 Å². The molecule has 0 spiro atoms. The van der Waals surface area contributed by atoms with Gasteiger partial charge >= 0.3 is 0 Å². The van der Waals surface area contributed by atoms with Gasteiger partial charge in [-0.05, 0) is 132 Å². The Morgan fingerprint density at radius 1 is 0.500 bits per heavy atom. The maximum atomic E-state index is 4.78. The zero-order chi connectivity index (χ0) is 33.7. The molecule has 0 N–H and O–H groups in total. The molecule has 2 aromatic heterocycles. The van der Waals surface area contributed by atoms with E-state index in [2.05, 4.69) is 182 Å². The number of aryl methyl sites for hydroxylation is 4. The average Bonchev–Trinajstić information content (AvgIpc) is 3.60. The Balaban J connectivity index is 1.30. The Kier molecular flexibility index (Phi) is 6.10. The second-order valence-electron chi connectivity index (χ2n) is 13.7.